The predicted octanol–water partition coefficient (Wildman–Crippen LogP) is 2.49. The van der Waals surface area contributed by atoms with Crippen LogP contribution in [-0.2, 0) is 23.5 Å². The fourth-order valence-corrected chi connectivity index (χ4v) is 2.01. The molecule has 84 valence electrons. The molecule has 0 amide bonds. The first-order chi connectivity index (χ1) is 7.62. The molecule has 0 fully saturated rings. The standard InChI is InChI=1S/C12H12ClNO2/c1-2-9-3-8(7-14)4-10(5-12(15)16)11(9)6-13/h3-4H,2,5-6H2,1H3,(H,15,16). The third kappa shape index (κ3) is 2.74. The summed E-state index contributed by atoms with van der Waals surface area (Å²) in [7, 11) is 0. The Morgan fingerprint density at radius 2 is 2.12 bits per heavy atom. The summed E-state index contributed by atoms with van der Waals surface area (Å²) in [6, 6.07) is 5.40. The summed E-state index contributed by atoms with van der Waals surface area (Å²) >= 11 is 5.82. The van der Waals surface area contributed by atoms with Crippen molar-refractivity contribution in [3.63, 3.8) is 0 Å². The number of nitrogens with zero attached hydrogens (tertiary/aromatic N) is 1. The Labute approximate surface area is 99.3 Å². The van der Waals surface area contributed by atoms with Gasteiger partial charge in [0.15, 0.2) is 0 Å². The normalized spacial score (nSPS) is 9.81. The first-order valence-electron chi connectivity index (χ1n) is 4.94. The first kappa shape index (κ1) is 12.5. The molecule has 0 aliphatic rings. The van der Waals surface area contributed by atoms with Crippen molar-refractivity contribution in [2.45, 2.75) is 25.6 Å². The molecule has 16 heavy (non-hydrogen) atoms. The van der Waals surface area contributed by atoms with Gasteiger partial charge < -0.3 is 5.11 Å². The summed E-state index contributed by atoms with van der Waals surface area (Å²) in [6.07, 6.45) is 0.648. The molecular weight excluding hydrogens is 226 g/mol. The van der Waals surface area contributed by atoms with E-state index in [1.807, 2.05) is 13.0 Å². The number of carboxylic acid groups (broad SMARTS) is 1. The third-order valence-corrected chi connectivity index (χ3v) is 2.69. The molecular formula is C12H12ClNO2. The van der Waals surface area contributed by atoms with E-state index in [1.165, 1.54) is 0 Å². The number of alkyl halides is 1. The van der Waals surface area contributed by atoms with Crippen LogP contribution < -0.4 is 0 Å². The Kier molecular flexibility index (Phi) is 4.33. The Balaban J connectivity index is 3.32. The molecule has 0 aliphatic carbocycles. The lowest BCUT2D eigenvalue weighted by Gasteiger charge is -2.11. The number of hydrogen-bond acceptors (Lipinski definition) is 2. The zero-order chi connectivity index (χ0) is 12.1. The van der Waals surface area contributed by atoms with Crippen LogP contribution in [0, 0.1) is 11.3 Å². The number of aryl methyl sites for hydroxylation is 1. The number of hydrogen-bond donors (Lipinski definition) is 1. The summed E-state index contributed by atoms with van der Waals surface area (Å²) in [5.41, 5.74) is 2.91. The zero-order valence-electron chi connectivity index (χ0n) is 8.96. The second-order valence-corrected chi connectivity index (χ2v) is 3.71. The largest absolute Gasteiger partial charge is 0.481 e. The monoisotopic (exact) mass is 237 g/mol. The van der Waals surface area contributed by atoms with Gasteiger partial charge in [0, 0.05) is 5.88 Å². The lowest BCUT2D eigenvalue weighted by atomic mass is 9.95. The molecule has 0 saturated heterocycles. The summed E-state index contributed by atoms with van der Waals surface area (Å²) in [4.78, 5) is 10.7. The molecule has 0 heterocycles. The zero-order valence-corrected chi connectivity index (χ0v) is 9.71. The maximum absolute atomic E-state index is 10.7. The molecule has 0 spiro atoms. The second kappa shape index (κ2) is 5.53. The van der Waals surface area contributed by atoms with Gasteiger partial charge >= 0.3 is 5.97 Å². The minimum absolute atomic E-state index is 0.0927. The van der Waals surface area contributed by atoms with Crippen LogP contribution in [0.15, 0.2) is 12.1 Å². The van der Waals surface area contributed by atoms with Crippen LogP contribution in [0.2, 0.25) is 0 Å². The van der Waals surface area contributed by atoms with Crippen molar-refractivity contribution in [3.8, 4) is 6.07 Å². The SMILES string of the molecule is CCc1cc(C#N)cc(CC(=O)O)c1CCl. The number of rotatable bonds is 4. The summed E-state index contributed by atoms with van der Waals surface area (Å²) in [5.74, 6) is -0.638. The van der Waals surface area contributed by atoms with Crippen LogP contribution in [0.1, 0.15) is 29.2 Å². The minimum atomic E-state index is -0.913. The third-order valence-electron chi connectivity index (χ3n) is 2.42. The van der Waals surface area contributed by atoms with E-state index in [1.54, 1.807) is 12.1 Å². The molecule has 1 rings (SSSR count). The molecule has 4 heteroatoms. The van der Waals surface area contributed by atoms with Crippen LogP contribution in [0.25, 0.3) is 0 Å². The first-order valence-corrected chi connectivity index (χ1v) is 5.48. The van der Waals surface area contributed by atoms with E-state index >= 15 is 0 Å². The van der Waals surface area contributed by atoms with Gasteiger partial charge in [-0.2, -0.15) is 5.26 Å². The summed E-state index contributed by atoms with van der Waals surface area (Å²) in [5, 5.41) is 17.6. The average Bonchev–Trinajstić information content (AvgIpc) is 2.27. The molecule has 1 aromatic carbocycles. The number of aliphatic carboxylic acids is 1. The topological polar surface area (TPSA) is 61.1 Å². The number of nitriles is 1. The van der Waals surface area contributed by atoms with Gasteiger partial charge in [0.2, 0.25) is 0 Å². The number of halogens is 1. The smallest absolute Gasteiger partial charge is 0.307 e. The van der Waals surface area contributed by atoms with Gasteiger partial charge in [-0.1, -0.05) is 6.92 Å². The number of benzene rings is 1. The molecule has 0 aliphatic heterocycles. The second-order valence-electron chi connectivity index (χ2n) is 3.44. The molecule has 1 aromatic rings. The Bertz CT molecular complexity index is 449. The van der Waals surface area contributed by atoms with Crippen molar-refractivity contribution in [1.29, 1.82) is 5.26 Å². The maximum atomic E-state index is 10.7. The fraction of sp³-hybridized carbons (Fsp3) is 0.333. The van der Waals surface area contributed by atoms with Crippen molar-refractivity contribution in [2.24, 2.45) is 0 Å². The molecule has 0 unspecified atom stereocenters. The molecule has 0 bridgehead atoms. The molecule has 3 nitrogen and oxygen atoms in total. The quantitative estimate of drug-likeness (QED) is 0.819. The maximum Gasteiger partial charge on any atom is 0.307 e. The Morgan fingerprint density at radius 1 is 1.50 bits per heavy atom. The van der Waals surface area contributed by atoms with Crippen LogP contribution in [0.3, 0.4) is 0 Å². The van der Waals surface area contributed by atoms with Crippen molar-refractivity contribution >= 4 is 17.6 Å². The Morgan fingerprint density at radius 3 is 2.56 bits per heavy atom. The van der Waals surface area contributed by atoms with Gasteiger partial charge in [-0.3, -0.25) is 4.79 Å². The van der Waals surface area contributed by atoms with E-state index in [2.05, 4.69) is 0 Å². The predicted molar refractivity (Wildman–Crippen MR) is 61.4 cm³/mol. The van der Waals surface area contributed by atoms with E-state index in [4.69, 9.17) is 22.0 Å². The molecule has 0 saturated carbocycles. The number of carboxylic acids is 1. The van der Waals surface area contributed by atoms with Crippen LogP contribution in [0.5, 0.6) is 0 Å². The molecule has 0 atom stereocenters. The van der Waals surface area contributed by atoms with Crippen molar-refractivity contribution in [1.82, 2.24) is 0 Å². The minimum Gasteiger partial charge on any atom is -0.481 e. The highest BCUT2D eigenvalue weighted by Crippen LogP contribution is 2.21. The van der Waals surface area contributed by atoms with Gasteiger partial charge in [-0.15, -0.1) is 11.6 Å². The van der Waals surface area contributed by atoms with E-state index in [9.17, 15) is 4.79 Å². The fourth-order valence-electron chi connectivity index (χ4n) is 1.67. The number of carbonyl (C=O) groups is 1. The highest BCUT2D eigenvalue weighted by atomic mass is 35.5. The average molecular weight is 238 g/mol. The van der Waals surface area contributed by atoms with Crippen LogP contribution >= 0.6 is 11.6 Å². The van der Waals surface area contributed by atoms with Gasteiger partial charge in [-0.25, -0.2) is 0 Å². The lowest BCUT2D eigenvalue weighted by Crippen LogP contribution is -2.06. The molecule has 1 N–H and O–H groups in total. The van der Waals surface area contributed by atoms with Gasteiger partial charge in [0.1, 0.15) is 0 Å². The highest BCUT2D eigenvalue weighted by molar-refractivity contribution is 6.17. The van der Waals surface area contributed by atoms with E-state index in [0.717, 1.165) is 17.5 Å². The summed E-state index contributed by atoms with van der Waals surface area (Å²) < 4.78 is 0. The van der Waals surface area contributed by atoms with Crippen molar-refractivity contribution < 1.29 is 9.90 Å². The van der Waals surface area contributed by atoms with Crippen molar-refractivity contribution in [2.75, 3.05) is 0 Å². The van der Waals surface area contributed by atoms with E-state index < -0.39 is 5.97 Å². The van der Waals surface area contributed by atoms with E-state index in [0.29, 0.717) is 11.1 Å². The van der Waals surface area contributed by atoms with Gasteiger partial charge in [-0.05, 0) is 35.2 Å². The van der Waals surface area contributed by atoms with Gasteiger partial charge in [0.25, 0.3) is 0 Å². The molecule has 0 aromatic heterocycles. The Hall–Kier alpha value is -1.53. The van der Waals surface area contributed by atoms with Crippen LogP contribution in [-0.4, -0.2) is 11.1 Å². The van der Waals surface area contributed by atoms with E-state index in [-0.39, 0.29) is 12.3 Å². The highest BCUT2D eigenvalue weighted by Gasteiger charge is 2.11. The van der Waals surface area contributed by atoms with Gasteiger partial charge in [0.05, 0.1) is 18.1 Å². The lowest BCUT2D eigenvalue weighted by molar-refractivity contribution is -0.136. The summed E-state index contributed by atoms with van der Waals surface area (Å²) in [6.45, 7) is 1.96. The van der Waals surface area contributed by atoms with Crippen molar-refractivity contribution in [3.05, 3.63) is 34.4 Å². The molecule has 0 radical (unpaired) electrons. The van der Waals surface area contributed by atoms with Crippen LogP contribution in [0.4, 0.5) is 0 Å².